The Labute approximate surface area is 172 Å². The first-order valence-electron chi connectivity index (χ1n) is 9.15. The van der Waals surface area contributed by atoms with Crippen LogP contribution in [0.4, 0.5) is 0 Å². The molecule has 2 saturated heterocycles. The van der Waals surface area contributed by atoms with Crippen molar-refractivity contribution in [3.05, 3.63) is 24.3 Å². The summed E-state index contributed by atoms with van der Waals surface area (Å²) < 4.78 is 83.9. The van der Waals surface area contributed by atoms with Crippen LogP contribution in [0.3, 0.4) is 0 Å². The van der Waals surface area contributed by atoms with E-state index in [0.717, 1.165) is 6.26 Å². The zero-order valence-electron chi connectivity index (χ0n) is 16.0. The average molecular weight is 468 g/mol. The summed E-state index contributed by atoms with van der Waals surface area (Å²) in [6.45, 7) is 1.55. The number of hydrogen-bond donors (Lipinski definition) is 1. The van der Waals surface area contributed by atoms with E-state index in [9.17, 15) is 25.3 Å². The van der Waals surface area contributed by atoms with Crippen molar-refractivity contribution in [2.75, 3.05) is 45.6 Å². The van der Waals surface area contributed by atoms with Crippen molar-refractivity contribution in [3.63, 3.8) is 0 Å². The van der Waals surface area contributed by atoms with Gasteiger partial charge in [-0.25, -0.2) is 30.0 Å². The zero-order valence-corrected chi connectivity index (χ0v) is 18.5. The van der Waals surface area contributed by atoms with Crippen LogP contribution in [0.5, 0.6) is 0 Å². The van der Waals surface area contributed by atoms with Crippen LogP contribution in [-0.2, 0) is 34.8 Å². The molecular formula is C16H25N3O7S3. The van der Waals surface area contributed by atoms with Gasteiger partial charge in [0.05, 0.1) is 29.3 Å². The molecule has 13 heteroatoms. The van der Waals surface area contributed by atoms with E-state index < -0.39 is 30.1 Å². The van der Waals surface area contributed by atoms with Crippen LogP contribution in [0.2, 0.25) is 0 Å². The smallest absolute Gasteiger partial charge is 0.243 e. The molecule has 3 rings (SSSR count). The van der Waals surface area contributed by atoms with Gasteiger partial charge in [-0.05, 0) is 37.1 Å². The number of rotatable bonds is 6. The van der Waals surface area contributed by atoms with Crippen LogP contribution >= 0.6 is 0 Å². The highest BCUT2D eigenvalue weighted by atomic mass is 32.2. The number of ether oxygens (including phenoxy) is 1. The number of nitrogens with zero attached hydrogens (tertiary/aromatic N) is 2. The van der Waals surface area contributed by atoms with Crippen molar-refractivity contribution in [1.82, 2.24) is 13.3 Å². The van der Waals surface area contributed by atoms with Crippen LogP contribution in [0.1, 0.15) is 12.8 Å². The Balaban J connectivity index is 1.70. The Morgan fingerprint density at radius 1 is 0.793 bits per heavy atom. The van der Waals surface area contributed by atoms with Crippen molar-refractivity contribution in [1.29, 1.82) is 0 Å². The van der Waals surface area contributed by atoms with Gasteiger partial charge in [-0.3, -0.25) is 0 Å². The van der Waals surface area contributed by atoms with Gasteiger partial charge < -0.3 is 4.74 Å². The van der Waals surface area contributed by atoms with Crippen LogP contribution in [-0.4, -0.2) is 85.6 Å². The fourth-order valence-corrected chi connectivity index (χ4v) is 7.10. The molecule has 2 fully saturated rings. The highest BCUT2D eigenvalue weighted by Gasteiger charge is 2.31. The minimum atomic E-state index is -3.79. The molecule has 0 radical (unpaired) electrons. The van der Waals surface area contributed by atoms with Gasteiger partial charge in [-0.15, -0.1) is 0 Å². The first-order chi connectivity index (χ1) is 13.5. The average Bonchev–Trinajstić information content (AvgIpc) is 2.68. The predicted molar refractivity (Wildman–Crippen MR) is 106 cm³/mol. The number of sulfonamides is 3. The maximum Gasteiger partial charge on any atom is 0.243 e. The molecule has 1 aromatic carbocycles. The molecule has 0 amide bonds. The maximum absolute atomic E-state index is 12.9. The maximum atomic E-state index is 12.9. The van der Waals surface area contributed by atoms with E-state index >= 15 is 0 Å². The summed E-state index contributed by atoms with van der Waals surface area (Å²) >= 11 is 0. The first kappa shape index (κ1) is 22.6. The Morgan fingerprint density at radius 3 is 1.62 bits per heavy atom. The number of hydrogen-bond acceptors (Lipinski definition) is 7. The molecule has 0 spiro atoms. The fourth-order valence-electron chi connectivity index (χ4n) is 3.39. The molecule has 0 bridgehead atoms. The van der Waals surface area contributed by atoms with Gasteiger partial charge in [0.2, 0.25) is 30.1 Å². The summed E-state index contributed by atoms with van der Waals surface area (Å²) in [4.78, 5) is 0.0439. The lowest BCUT2D eigenvalue weighted by atomic mass is 10.1. The van der Waals surface area contributed by atoms with Crippen LogP contribution in [0.25, 0.3) is 0 Å². The zero-order chi connectivity index (χ0) is 21.3. The fraction of sp³-hybridized carbons (Fsp3) is 0.625. The third kappa shape index (κ3) is 5.34. The molecule has 2 aliphatic rings. The van der Waals surface area contributed by atoms with E-state index in [-0.39, 0.29) is 42.0 Å². The minimum absolute atomic E-state index is 0.00736. The normalized spacial score (nSPS) is 21.3. The highest BCUT2D eigenvalue weighted by molar-refractivity contribution is 7.89. The lowest BCUT2D eigenvalue weighted by Gasteiger charge is -2.31. The molecule has 0 aromatic heterocycles. The molecule has 29 heavy (non-hydrogen) atoms. The van der Waals surface area contributed by atoms with Gasteiger partial charge in [0.15, 0.2) is 0 Å². The quantitative estimate of drug-likeness (QED) is 0.592. The molecule has 0 unspecified atom stereocenters. The Morgan fingerprint density at radius 2 is 1.21 bits per heavy atom. The molecule has 0 aliphatic carbocycles. The summed E-state index contributed by atoms with van der Waals surface area (Å²) in [5, 5.41) is 0. The van der Waals surface area contributed by atoms with Crippen molar-refractivity contribution in [3.8, 4) is 0 Å². The largest absolute Gasteiger partial charge is 0.379 e. The third-order valence-electron chi connectivity index (χ3n) is 4.90. The van der Waals surface area contributed by atoms with E-state index in [1.165, 1.54) is 32.9 Å². The number of piperidine rings is 1. The van der Waals surface area contributed by atoms with E-state index in [1.54, 1.807) is 0 Å². The Bertz CT molecular complexity index is 1020. The van der Waals surface area contributed by atoms with Crippen LogP contribution in [0, 0.1) is 0 Å². The summed E-state index contributed by atoms with van der Waals surface area (Å²) in [5.41, 5.74) is 0. The minimum Gasteiger partial charge on any atom is -0.379 e. The van der Waals surface area contributed by atoms with E-state index in [0.29, 0.717) is 26.1 Å². The van der Waals surface area contributed by atoms with Gasteiger partial charge in [-0.1, -0.05) is 0 Å². The van der Waals surface area contributed by atoms with Gasteiger partial charge >= 0.3 is 0 Å². The van der Waals surface area contributed by atoms with Crippen molar-refractivity contribution in [2.24, 2.45) is 0 Å². The standard InChI is InChI=1S/C16H25N3O7S3/c1-27(20,21)17-14-6-8-18(9-7-14)28(22,23)15-2-4-16(5-3-15)29(24,25)19-10-12-26-13-11-19/h2-5,14,17H,6-13H2,1H3. The monoisotopic (exact) mass is 467 g/mol. The Hall–Kier alpha value is -1.09. The molecular weight excluding hydrogens is 442 g/mol. The predicted octanol–water partition coefficient (Wildman–Crippen LogP) is -0.590. The number of benzene rings is 1. The summed E-state index contributed by atoms with van der Waals surface area (Å²) in [6, 6.07) is 4.90. The first-order valence-corrected chi connectivity index (χ1v) is 13.9. The topological polar surface area (TPSA) is 130 Å². The van der Waals surface area contributed by atoms with E-state index in [4.69, 9.17) is 4.74 Å². The van der Waals surface area contributed by atoms with E-state index in [2.05, 4.69) is 4.72 Å². The summed E-state index contributed by atoms with van der Waals surface area (Å²) in [7, 11) is -10.8. The van der Waals surface area contributed by atoms with Crippen molar-refractivity contribution < 1.29 is 30.0 Å². The summed E-state index contributed by atoms with van der Waals surface area (Å²) in [5.74, 6) is 0. The molecule has 2 aliphatic heterocycles. The van der Waals surface area contributed by atoms with Crippen LogP contribution in [0.15, 0.2) is 34.1 Å². The lowest BCUT2D eigenvalue weighted by molar-refractivity contribution is 0.0730. The van der Waals surface area contributed by atoms with Gasteiger partial charge in [0.1, 0.15) is 0 Å². The number of morpholine rings is 1. The third-order valence-corrected chi connectivity index (χ3v) is 9.49. The van der Waals surface area contributed by atoms with Gasteiger partial charge in [0, 0.05) is 32.2 Å². The molecule has 0 atom stereocenters. The molecule has 0 saturated carbocycles. The molecule has 1 aromatic rings. The second kappa shape index (κ2) is 8.57. The van der Waals surface area contributed by atoms with Crippen molar-refractivity contribution in [2.45, 2.75) is 28.7 Å². The number of nitrogens with one attached hydrogen (secondary N) is 1. The van der Waals surface area contributed by atoms with Crippen LogP contribution < -0.4 is 4.72 Å². The lowest BCUT2D eigenvalue weighted by Crippen LogP contribution is -2.46. The van der Waals surface area contributed by atoms with E-state index in [1.807, 2.05) is 0 Å². The van der Waals surface area contributed by atoms with Gasteiger partial charge in [0.25, 0.3) is 0 Å². The molecule has 1 N–H and O–H groups in total. The summed E-state index contributed by atoms with van der Waals surface area (Å²) in [6.07, 6.45) is 1.81. The molecule has 2 heterocycles. The van der Waals surface area contributed by atoms with Crippen molar-refractivity contribution >= 4 is 30.1 Å². The highest BCUT2D eigenvalue weighted by Crippen LogP contribution is 2.24. The van der Waals surface area contributed by atoms with Gasteiger partial charge in [-0.2, -0.15) is 8.61 Å². The second-order valence-corrected chi connectivity index (χ2v) is 12.7. The molecule has 10 nitrogen and oxygen atoms in total. The molecule has 164 valence electrons. The Kier molecular flexibility index (Phi) is 6.68. The second-order valence-electron chi connectivity index (χ2n) is 7.06. The SMILES string of the molecule is CS(=O)(=O)NC1CCN(S(=O)(=O)c2ccc(S(=O)(=O)N3CCOCC3)cc2)CC1.